The SMILES string of the molecule is O=C1CC2C3CC(C(O)C3O)C12. The smallest absolute Gasteiger partial charge is 0.136 e. The van der Waals surface area contributed by atoms with Gasteiger partial charge in [-0.1, -0.05) is 0 Å². The van der Waals surface area contributed by atoms with Gasteiger partial charge in [-0.25, -0.2) is 0 Å². The van der Waals surface area contributed by atoms with E-state index in [1.807, 2.05) is 0 Å². The van der Waals surface area contributed by atoms with E-state index in [9.17, 15) is 15.0 Å². The van der Waals surface area contributed by atoms with Crippen LogP contribution in [0.15, 0.2) is 0 Å². The van der Waals surface area contributed by atoms with E-state index in [-0.39, 0.29) is 17.8 Å². The van der Waals surface area contributed by atoms with Gasteiger partial charge in [0, 0.05) is 12.3 Å². The Hall–Kier alpha value is -0.410. The minimum Gasteiger partial charge on any atom is -0.390 e. The lowest BCUT2D eigenvalue weighted by Gasteiger charge is -2.42. The molecule has 6 atom stereocenters. The third-order valence-electron chi connectivity index (χ3n) is 4.05. The summed E-state index contributed by atoms with van der Waals surface area (Å²) in [5.74, 6) is 1.11. The maximum atomic E-state index is 11.2. The van der Waals surface area contributed by atoms with Gasteiger partial charge in [-0.15, -0.1) is 0 Å². The zero-order valence-electron chi connectivity index (χ0n) is 6.68. The van der Waals surface area contributed by atoms with Crippen molar-refractivity contribution >= 4 is 5.78 Å². The number of ketones is 1. The molecule has 3 nitrogen and oxygen atoms in total. The number of aliphatic hydroxyl groups is 2. The fourth-order valence-electron chi connectivity index (χ4n) is 3.43. The Morgan fingerprint density at radius 2 is 1.75 bits per heavy atom. The van der Waals surface area contributed by atoms with Crippen LogP contribution in [0.1, 0.15) is 12.8 Å². The van der Waals surface area contributed by atoms with Gasteiger partial charge in [-0.2, -0.15) is 0 Å². The standard InChI is InChI=1S/C9H12O3/c10-6-2-3-4-1-5(7(3)6)9(12)8(4)11/h3-5,7-9,11-12H,1-2H2. The minimum atomic E-state index is -0.625. The maximum absolute atomic E-state index is 11.2. The first-order chi connectivity index (χ1) is 5.70. The van der Waals surface area contributed by atoms with Crippen molar-refractivity contribution in [1.29, 1.82) is 0 Å². The highest BCUT2D eigenvalue weighted by Gasteiger charge is 2.64. The molecule has 6 unspecified atom stereocenters. The molecule has 0 amide bonds. The molecule has 12 heavy (non-hydrogen) atoms. The lowest BCUT2D eigenvalue weighted by atomic mass is 9.63. The van der Waals surface area contributed by atoms with Gasteiger partial charge in [0.05, 0.1) is 12.2 Å². The fourth-order valence-corrected chi connectivity index (χ4v) is 3.43. The summed E-state index contributed by atoms with van der Waals surface area (Å²) >= 11 is 0. The maximum Gasteiger partial charge on any atom is 0.136 e. The van der Waals surface area contributed by atoms with E-state index < -0.39 is 12.2 Å². The predicted octanol–water partition coefficient (Wildman–Crippen LogP) is -0.437. The van der Waals surface area contributed by atoms with Crippen molar-refractivity contribution in [2.24, 2.45) is 23.7 Å². The van der Waals surface area contributed by atoms with Crippen molar-refractivity contribution in [3.63, 3.8) is 0 Å². The van der Waals surface area contributed by atoms with Gasteiger partial charge < -0.3 is 10.2 Å². The number of carbonyl (C=O) groups excluding carboxylic acids is 1. The minimum absolute atomic E-state index is 0.0799. The predicted molar refractivity (Wildman–Crippen MR) is 40.2 cm³/mol. The molecule has 66 valence electrons. The molecule has 0 aromatic rings. The molecular weight excluding hydrogens is 156 g/mol. The van der Waals surface area contributed by atoms with Crippen molar-refractivity contribution in [2.45, 2.75) is 25.0 Å². The Morgan fingerprint density at radius 3 is 2.42 bits per heavy atom. The first-order valence-corrected chi connectivity index (χ1v) is 4.59. The second-order valence-corrected chi connectivity index (χ2v) is 4.40. The molecule has 3 aliphatic carbocycles. The van der Waals surface area contributed by atoms with Crippen molar-refractivity contribution in [3.8, 4) is 0 Å². The summed E-state index contributed by atoms with van der Waals surface area (Å²) in [6, 6.07) is 0. The van der Waals surface area contributed by atoms with Crippen LogP contribution >= 0.6 is 0 Å². The molecule has 0 radical (unpaired) electrons. The van der Waals surface area contributed by atoms with Crippen LogP contribution in [-0.4, -0.2) is 28.2 Å². The average Bonchev–Trinajstić information content (AvgIpc) is 2.45. The highest BCUT2D eigenvalue weighted by molar-refractivity contribution is 5.88. The van der Waals surface area contributed by atoms with Crippen LogP contribution in [0, 0.1) is 23.7 Å². The molecular formula is C9H12O3. The number of carbonyl (C=O) groups is 1. The Morgan fingerprint density at radius 1 is 1.08 bits per heavy atom. The molecule has 3 rings (SSSR count). The molecule has 2 N–H and O–H groups in total. The molecule has 3 heteroatoms. The second-order valence-electron chi connectivity index (χ2n) is 4.40. The third-order valence-corrected chi connectivity index (χ3v) is 4.05. The number of rotatable bonds is 0. The van der Waals surface area contributed by atoms with Crippen LogP contribution < -0.4 is 0 Å². The number of aliphatic hydroxyl groups excluding tert-OH is 2. The molecule has 0 aliphatic heterocycles. The number of Topliss-reactive ketones (excluding diaryl/α,β-unsaturated/α-hetero) is 1. The number of fused-ring (bicyclic) bond motifs is 5. The molecule has 0 saturated heterocycles. The summed E-state index contributed by atoms with van der Waals surface area (Å²) in [5, 5.41) is 19.1. The van der Waals surface area contributed by atoms with Gasteiger partial charge in [0.25, 0.3) is 0 Å². The quantitative estimate of drug-likeness (QED) is 0.515. The van der Waals surface area contributed by atoms with Crippen molar-refractivity contribution in [2.75, 3.05) is 0 Å². The third kappa shape index (κ3) is 0.559. The van der Waals surface area contributed by atoms with Crippen LogP contribution in [0.4, 0.5) is 0 Å². The Labute approximate surface area is 70.4 Å². The second kappa shape index (κ2) is 1.91. The van der Waals surface area contributed by atoms with Gasteiger partial charge in [-0.05, 0) is 24.2 Å². The summed E-state index contributed by atoms with van der Waals surface area (Å²) in [5.41, 5.74) is 0. The van der Waals surface area contributed by atoms with Crippen LogP contribution in [-0.2, 0) is 4.79 Å². The molecule has 0 heterocycles. The normalized spacial score (nSPS) is 61.7. The summed E-state index contributed by atoms with van der Waals surface area (Å²) in [6.07, 6.45) is 0.337. The Bertz CT molecular complexity index is 250. The molecule has 3 fully saturated rings. The van der Waals surface area contributed by atoms with Gasteiger partial charge in [0.2, 0.25) is 0 Å². The molecule has 0 aromatic carbocycles. The van der Waals surface area contributed by atoms with E-state index in [2.05, 4.69) is 0 Å². The van der Waals surface area contributed by atoms with Crippen LogP contribution in [0.2, 0.25) is 0 Å². The van der Waals surface area contributed by atoms with Crippen molar-refractivity contribution in [1.82, 2.24) is 0 Å². The van der Waals surface area contributed by atoms with Gasteiger partial charge in [-0.3, -0.25) is 4.79 Å². The van der Waals surface area contributed by atoms with Crippen LogP contribution in [0.25, 0.3) is 0 Å². The average molecular weight is 168 g/mol. The number of hydrogen-bond acceptors (Lipinski definition) is 3. The fraction of sp³-hybridized carbons (Fsp3) is 0.889. The molecule has 0 aromatic heterocycles. The van der Waals surface area contributed by atoms with E-state index in [1.165, 1.54) is 0 Å². The van der Waals surface area contributed by atoms with Gasteiger partial charge >= 0.3 is 0 Å². The highest BCUT2D eigenvalue weighted by Crippen LogP contribution is 2.59. The first-order valence-electron chi connectivity index (χ1n) is 4.59. The first kappa shape index (κ1) is 7.04. The number of hydrogen-bond donors (Lipinski definition) is 2. The highest BCUT2D eigenvalue weighted by atomic mass is 16.3. The van der Waals surface area contributed by atoms with E-state index in [1.54, 1.807) is 0 Å². The topological polar surface area (TPSA) is 57.5 Å². The Balaban J connectivity index is 1.94. The monoisotopic (exact) mass is 168 g/mol. The summed E-state index contributed by atoms with van der Waals surface area (Å²) < 4.78 is 0. The molecule has 2 bridgehead atoms. The van der Waals surface area contributed by atoms with E-state index >= 15 is 0 Å². The van der Waals surface area contributed by atoms with Crippen LogP contribution in [0.5, 0.6) is 0 Å². The summed E-state index contributed by atoms with van der Waals surface area (Å²) in [6.45, 7) is 0. The van der Waals surface area contributed by atoms with Gasteiger partial charge in [0.15, 0.2) is 0 Å². The molecule has 3 saturated carbocycles. The van der Waals surface area contributed by atoms with Crippen LogP contribution in [0.3, 0.4) is 0 Å². The van der Waals surface area contributed by atoms with E-state index in [0.717, 1.165) is 6.42 Å². The summed E-state index contributed by atoms with van der Waals surface area (Å²) in [4.78, 5) is 11.2. The Kier molecular flexibility index (Phi) is 1.12. The van der Waals surface area contributed by atoms with E-state index in [0.29, 0.717) is 18.1 Å². The lowest BCUT2D eigenvalue weighted by molar-refractivity contribution is -0.148. The molecule has 3 aliphatic rings. The zero-order valence-corrected chi connectivity index (χ0v) is 6.68. The lowest BCUT2D eigenvalue weighted by Crippen LogP contribution is -2.51. The largest absolute Gasteiger partial charge is 0.390 e. The van der Waals surface area contributed by atoms with Crippen molar-refractivity contribution < 1.29 is 15.0 Å². The summed E-state index contributed by atoms with van der Waals surface area (Å²) in [7, 11) is 0. The van der Waals surface area contributed by atoms with Gasteiger partial charge in [0.1, 0.15) is 5.78 Å². The van der Waals surface area contributed by atoms with Crippen molar-refractivity contribution in [3.05, 3.63) is 0 Å². The van der Waals surface area contributed by atoms with E-state index in [4.69, 9.17) is 0 Å². The molecule has 0 spiro atoms. The zero-order chi connectivity index (χ0) is 8.46.